The molecule has 0 amide bonds. The number of rotatable bonds is 0. The van der Waals surface area contributed by atoms with Gasteiger partial charge in [-0.25, -0.2) is 0 Å². The molecular weight excluding hydrogens is 154 g/mol. The zero-order valence-electron chi connectivity index (χ0n) is 5.81. The van der Waals surface area contributed by atoms with Gasteiger partial charge in [-0.3, -0.25) is 0 Å². The van der Waals surface area contributed by atoms with E-state index in [-0.39, 0.29) is 23.1 Å². The molecule has 0 atom stereocenters. The number of fused-ring (bicyclic) bond motifs is 1. The summed E-state index contributed by atoms with van der Waals surface area (Å²) in [5.41, 5.74) is 1.33. The highest BCUT2D eigenvalue weighted by atomic mass is 24.3. The molecule has 1 heterocycles. The van der Waals surface area contributed by atoms with Gasteiger partial charge in [0.25, 0.3) is 0 Å². The van der Waals surface area contributed by atoms with E-state index in [1.807, 2.05) is 12.1 Å². The van der Waals surface area contributed by atoms with E-state index in [2.05, 4.69) is 10.3 Å². The Labute approximate surface area is 78.9 Å². The van der Waals surface area contributed by atoms with E-state index in [9.17, 15) is 0 Å². The van der Waals surface area contributed by atoms with Gasteiger partial charge >= 0.3 is 0 Å². The van der Waals surface area contributed by atoms with Crippen molar-refractivity contribution in [3.8, 4) is 0 Å². The van der Waals surface area contributed by atoms with Crippen molar-refractivity contribution in [3.63, 3.8) is 0 Å². The van der Waals surface area contributed by atoms with E-state index in [4.69, 9.17) is 5.21 Å². The van der Waals surface area contributed by atoms with Gasteiger partial charge in [0.05, 0.1) is 0 Å². The molecule has 5 heteroatoms. The molecule has 1 aromatic carbocycles. The number of benzene rings is 1. The minimum Gasteiger partial charge on any atom is -0.410 e. The second kappa shape index (κ2) is 3.06. The Kier molecular flexibility index (Phi) is 2.30. The molecule has 2 aromatic rings. The first-order chi connectivity index (χ1) is 4.88. The molecule has 0 saturated carbocycles. The van der Waals surface area contributed by atoms with E-state index in [1.165, 1.54) is 0 Å². The van der Waals surface area contributed by atoms with Crippen molar-refractivity contribution in [2.24, 2.45) is 0 Å². The van der Waals surface area contributed by atoms with Crippen LogP contribution in [0, 0.1) is 0 Å². The van der Waals surface area contributed by atoms with Crippen LogP contribution in [0.15, 0.2) is 24.3 Å². The second-order valence-electron chi connectivity index (χ2n) is 1.97. The number of para-hydroxylation sites is 1. The Morgan fingerprint density at radius 3 is 2.73 bits per heavy atom. The summed E-state index contributed by atoms with van der Waals surface area (Å²) >= 11 is 0. The number of hydrogen-bond acceptors (Lipinski definition) is 3. The van der Waals surface area contributed by atoms with Gasteiger partial charge in [0, 0.05) is 23.1 Å². The summed E-state index contributed by atoms with van der Waals surface area (Å²) in [6.45, 7) is 0. The van der Waals surface area contributed by atoms with Crippen LogP contribution in [-0.4, -0.2) is 43.4 Å². The van der Waals surface area contributed by atoms with E-state index in [0.717, 1.165) is 4.85 Å². The van der Waals surface area contributed by atoms with Crippen LogP contribution in [0.3, 0.4) is 0 Å². The molecule has 11 heavy (non-hydrogen) atoms. The standard InChI is InChI=1S/C6H5N3O.Mg/c10-9-6-4-2-1-3-5(6)7-8-9;/h1-4,10H;. The molecule has 0 bridgehead atoms. The summed E-state index contributed by atoms with van der Waals surface area (Å²) in [4.78, 5) is 0.759. The number of hydrogen-bond donors (Lipinski definition) is 1. The Hall–Kier alpha value is -0.814. The van der Waals surface area contributed by atoms with E-state index < -0.39 is 0 Å². The van der Waals surface area contributed by atoms with Crippen molar-refractivity contribution in [1.29, 1.82) is 0 Å². The molecule has 0 aliphatic heterocycles. The van der Waals surface area contributed by atoms with Gasteiger partial charge in [-0.15, -0.1) is 5.10 Å². The molecule has 52 valence electrons. The van der Waals surface area contributed by atoms with Gasteiger partial charge in [-0.05, 0) is 17.3 Å². The largest absolute Gasteiger partial charge is 0.410 e. The third-order valence-corrected chi connectivity index (χ3v) is 1.33. The number of nitrogens with zero attached hydrogens (tertiary/aromatic N) is 3. The third kappa shape index (κ3) is 1.29. The minimum absolute atomic E-state index is 0. The average molecular weight is 159 g/mol. The summed E-state index contributed by atoms with van der Waals surface area (Å²) in [6.07, 6.45) is 0. The minimum atomic E-state index is 0. The maximum Gasteiger partial charge on any atom is 0.130 e. The smallest absolute Gasteiger partial charge is 0.130 e. The summed E-state index contributed by atoms with van der Waals surface area (Å²) in [6, 6.07) is 7.19. The first-order valence-corrected chi connectivity index (χ1v) is 2.87. The molecule has 2 rings (SSSR count). The Morgan fingerprint density at radius 1 is 1.27 bits per heavy atom. The lowest BCUT2D eigenvalue weighted by molar-refractivity contribution is 0.155. The van der Waals surface area contributed by atoms with E-state index in [0.29, 0.717) is 11.0 Å². The van der Waals surface area contributed by atoms with E-state index >= 15 is 0 Å². The lowest BCUT2D eigenvalue weighted by Gasteiger charge is -1.85. The Morgan fingerprint density at radius 2 is 2.00 bits per heavy atom. The fourth-order valence-corrected chi connectivity index (χ4v) is 0.857. The summed E-state index contributed by atoms with van der Waals surface area (Å²) in [5.74, 6) is 0. The highest BCUT2D eigenvalue weighted by Gasteiger charge is 1.98. The number of aromatic nitrogens is 3. The molecule has 2 radical (unpaired) electrons. The molecule has 0 spiro atoms. The molecule has 4 nitrogen and oxygen atoms in total. The molecule has 0 unspecified atom stereocenters. The van der Waals surface area contributed by atoms with Crippen molar-refractivity contribution in [2.45, 2.75) is 0 Å². The van der Waals surface area contributed by atoms with Crippen molar-refractivity contribution >= 4 is 34.1 Å². The SMILES string of the molecule is On1nnc2ccccc21.[Mg]. The van der Waals surface area contributed by atoms with Crippen LogP contribution >= 0.6 is 0 Å². The maximum atomic E-state index is 8.95. The molecular formula is C6H5MgN3O. The van der Waals surface area contributed by atoms with E-state index in [1.54, 1.807) is 12.1 Å². The monoisotopic (exact) mass is 159 g/mol. The summed E-state index contributed by atoms with van der Waals surface area (Å²) in [5, 5.41) is 16.1. The molecule has 0 fully saturated rings. The summed E-state index contributed by atoms with van der Waals surface area (Å²) < 4.78 is 0. The maximum absolute atomic E-state index is 8.95. The van der Waals surface area contributed by atoms with Crippen LogP contribution in [0.4, 0.5) is 0 Å². The molecule has 1 aromatic heterocycles. The van der Waals surface area contributed by atoms with Crippen molar-refractivity contribution in [3.05, 3.63) is 24.3 Å². The predicted molar refractivity (Wildman–Crippen MR) is 40.5 cm³/mol. The first-order valence-electron chi connectivity index (χ1n) is 2.87. The van der Waals surface area contributed by atoms with Gasteiger partial charge in [0.2, 0.25) is 0 Å². The molecule has 1 N–H and O–H groups in total. The zero-order valence-corrected chi connectivity index (χ0v) is 7.22. The Bertz CT molecular complexity index is 359. The van der Waals surface area contributed by atoms with Gasteiger partial charge in [-0.1, -0.05) is 17.0 Å². The zero-order chi connectivity index (χ0) is 6.97. The third-order valence-electron chi connectivity index (χ3n) is 1.33. The highest BCUT2D eigenvalue weighted by Crippen LogP contribution is 2.06. The lowest BCUT2D eigenvalue weighted by Crippen LogP contribution is -1.90. The normalized spacial score (nSPS) is 9.45. The first kappa shape index (κ1) is 8.28. The van der Waals surface area contributed by atoms with Gasteiger partial charge in [0.1, 0.15) is 11.0 Å². The van der Waals surface area contributed by atoms with Crippen LogP contribution in [0.5, 0.6) is 0 Å². The van der Waals surface area contributed by atoms with Crippen LogP contribution in [0.2, 0.25) is 0 Å². The molecule has 0 aliphatic rings. The second-order valence-corrected chi connectivity index (χ2v) is 1.97. The fourth-order valence-electron chi connectivity index (χ4n) is 0.857. The lowest BCUT2D eigenvalue weighted by atomic mass is 10.3. The van der Waals surface area contributed by atoms with Crippen molar-refractivity contribution in [2.75, 3.05) is 0 Å². The van der Waals surface area contributed by atoms with Crippen molar-refractivity contribution in [1.82, 2.24) is 15.2 Å². The predicted octanol–water partition coefficient (Wildman–Crippen LogP) is 0.288. The van der Waals surface area contributed by atoms with Gasteiger partial charge in [-0.2, -0.15) is 0 Å². The topological polar surface area (TPSA) is 50.9 Å². The highest BCUT2D eigenvalue weighted by molar-refractivity contribution is 5.75. The molecule has 0 aliphatic carbocycles. The quantitative estimate of drug-likeness (QED) is 0.444. The average Bonchev–Trinajstić information content (AvgIpc) is 2.34. The van der Waals surface area contributed by atoms with Crippen LogP contribution in [0.25, 0.3) is 11.0 Å². The molecule has 0 saturated heterocycles. The van der Waals surface area contributed by atoms with Crippen LogP contribution in [-0.2, 0) is 0 Å². The van der Waals surface area contributed by atoms with Crippen molar-refractivity contribution < 1.29 is 5.21 Å². The Balaban J connectivity index is 0.000000605. The van der Waals surface area contributed by atoms with Gasteiger partial charge in [0.15, 0.2) is 0 Å². The van der Waals surface area contributed by atoms with Crippen LogP contribution < -0.4 is 0 Å². The fraction of sp³-hybridized carbons (Fsp3) is 0. The summed E-state index contributed by atoms with van der Waals surface area (Å²) in [7, 11) is 0. The van der Waals surface area contributed by atoms with Gasteiger partial charge < -0.3 is 5.21 Å². The van der Waals surface area contributed by atoms with Crippen LogP contribution in [0.1, 0.15) is 0 Å².